The zero-order valence-corrected chi connectivity index (χ0v) is 10.1. The molecule has 0 bridgehead atoms. The third kappa shape index (κ3) is 2.80. The molecule has 0 amide bonds. The summed E-state index contributed by atoms with van der Waals surface area (Å²) in [5, 5.41) is 2.91. The summed E-state index contributed by atoms with van der Waals surface area (Å²) in [5.41, 5.74) is 5.83. The number of nitrogens with one attached hydrogen (secondary N) is 1. The summed E-state index contributed by atoms with van der Waals surface area (Å²) in [7, 11) is -2.77. The van der Waals surface area contributed by atoms with Crippen molar-refractivity contribution >= 4 is 7.59 Å². The van der Waals surface area contributed by atoms with E-state index in [1.165, 1.54) is 12.8 Å². The van der Waals surface area contributed by atoms with Gasteiger partial charge in [-0.1, -0.05) is 26.7 Å². The lowest BCUT2D eigenvalue weighted by atomic mass is 10.2. The van der Waals surface area contributed by atoms with Crippen molar-refractivity contribution in [3.05, 3.63) is 0 Å². The Hall–Kier alpha value is 0.110. The van der Waals surface area contributed by atoms with E-state index in [2.05, 4.69) is 5.09 Å². The second-order valence-corrected chi connectivity index (χ2v) is 5.90. The lowest BCUT2D eigenvalue weighted by Gasteiger charge is -2.32. The van der Waals surface area contributed by atoms with Crippen molar-refractivity contribution in [1.29, 1.82) is 0 Å². The summed E-state index contributed by atoms with van der Waals surface area (Å²) < 4.78 is 14.1. The summed E-state index contributed by atoms with van der Waals surface area (Å²) >= 11 is 0. The minimum Gasteiger partial charge on any atom is -0.271 e. The van der Waals surface area contributed by atoms with Crippen molar-refractivity contribution in [1.82, 2.24) is 9.76 Å². The number of rotatable bonds is 5. The van der Waals surface area contributed by atoms with Crippen LogP contribution in [-0.2, 0) is 4.57 Å². The van der Waals surface area contributed by atoms with Crippen LogP contribution >= 0.6 is 7.59 Å². The van der Waals surface area contributed by atoms with Crippen LogP contribution in [0.25, 0.3) is 0 Å². The molecule has 4 nitrogen and oxygen atoms in total. The van der Waals surface area contributed by atoms with Crippen LogP contribution in [0.2, 0.25) is 0 Å². The molecular formula is C9H22N3OP. The molecule has 1 atom stereocenters. The van der Waals surface area contributed by atoms with Gasteiger partial charge in [-0.15, -0.1) is 0 Å². The Morgan fingerprint density at radius 1 is 1.43 bits per heavy atom. The van der Waals surface area contributed by atoms with Gasteiger partial charge in [0.1, 0.15) is 0 Å². The first-order chi connectivity index (χ1) is 6.61. The van der Waals surface area contributed by atoms with E-state index in [1.54, 1.807) is 0 Å². The Morgan fingerprint density at radius 2 is 2.00 bits per heavy atom. The van der Waals surface area contributed by atoms with Crippen LogP contribution in [0.15, 0.2) is 0 Å². The Bertz CT molecular complexity index is 216. The molecule has 1 unspecified atom stereocenters. The predicted molar refractivity (Wildman–Crippen MR) is 60.1 cm³/mol. The number of hydrogen-bond donors (Lipinski definition) is 2. The maximum Gasteiger partial charge on any atom is 0.279 e. The Labute approximate surface area is 86.8 Å². The van der Waals surface area contributed by atoms with Crippen LogP contribution in [0.1, 0.15) is 39.5 Å². The summed E-state index contributed by atoms with van der Waals surface area (Å²) in [6.07, 6.45) is 4.77. The van der Waals surface area contributed by atoms with Gasteiger partial charge in [-0.2, -0.15) is 0 Å². The molecule has 0 aromatic heterocycles. The van der Waals surface area contributed by atoms with Crippen molar-refractivity contribution in [3.8, 4) is 0 Å². The maximum atomic E-state index is 12.1. The molecule has 0 spiro atoms. The Balaban J connectivity index is 2.63. The molecule has 1 fully saturated rings. The Kier molecular flexibility index (Phi) is 4.58. The van der Waals surface area contributed by atoms with Gasteiger partial charge in [-0.3, -0.25) is 10.1 Å². The van der Waals surface area contributed by atoms with Gasteiger partial charge in [0.05, 0.1) is 0 Å². The largest absolute Gasteiger partial charge is 0.279 e. The van der Waals surface area contributed by atoms with Crippen molar-refractivity contribution in [2.45, 2.75) is 45.6 Å². The van der Waals surface area contributed by atoms with E-state index < -0.39 is 7.59 Å². The molecule has 0 saturated heterocycles. The fourth-order valence-corrected chi connectivity index (χ4v) is 4.00. The highest BCUT2D eigenvalue weighted by Gasteiger charge is 2.32. The maximum absolute atomic E-state index is 12.1. The van der Waals surface area contributed by atoms with Crippen molar-refractivity contribution < 1.29 is 4.57 Å². The van der Waals surface area contributed by atoms with Crippen LogP contribution < -0.4 is 10.6 Å². The molecule has 3 N–H and O–H groups in total. The van der Waals surface area contributed by atoms with Gasteiger partial charge in [-0.05, 0) is 12.8 Å². The first kappa shape index (κ1) is 12.2. The number of nitrogens with two attached hydrogens (primary N) is 1. The van der Waals surface area contributed by atoms with Crippen molar-refractivity contribution in [3.63, 3.8) is 0 Å². The van der Waals surface area contributed by atoms with E-state index in [9.17, 15) is 4.57 Å². The summed E-state index contributed by atoms with van der Waals surface area (Å²) in [6, 6.07) is 0.426. The summed E-state index contributed by atoms with van der Waals surface area (Å²) in [5.74, 6) is 0. The summed E-state index contributed by atoms with van der Waals surface area (Å²) in [4.78, 5) is 0. The highest BCUT2D eigenvalue weighted by molar-refractivity contribution is 7.56. The fourth-order valence-electron chi connectivity index (χ4n) is 2.23. The molecule has 1 aliphatic carbocycles. The predicted octanol–water partition coefficient (Wildman–Crippen LogP) is 1.93. The second-order valence-electron chi connectivity index (χ2n) is 3.83. The van der Waals surface area contributed by atoms with Crippen LogP contribution in [0, 0.1) is 0 Å². The molecule has 0 aromatic rings. The standard InChI is InChI=1S/C9H22N3OP/c1-3-11-14(10,13)12(4-2)9-7-5-6-8-9/h9H,3-8H2,1-2H3,(H3,10,11,13). The molecular weight excluding hydrogens is 197 g/mol. The molecule has 14 heavy (non-hydrogen) atoms. The van der Waals surface area contributed by atoms with Crippen molar-refractivity contribution in [2.24, 2.45) is 5.50 Å². The van der Waals surface area contributed by atoms with Crippen molar-refractivity contribution in [2.75, 3.05) is 13.1 Å². The number of hydrogen-bond acceptors (Lipinski definition) is 1. The van der Waals surface area contributed by atoms with Crippen LogP contribution in [0.3, 0.4) is 0 Å². The topological polar surface area (TPSA) is 58.4 Å². The van der Waals surface area contributed by atoms with Gasteiger partial charge in [0, 0.05) is 19.1 Å². The first-order valence-electron chi connectivity index (χ1n) is 5.52. The van der Waals surface area contributed by atoms with Gasteiger partial charge >= 0.3 is 0 Å². The smallest absolute Gasteiger partial charge is 0.271 e. The first-order valence-corrected chi connectivity index (χ1v) is 7.25. The third-order valence-corrected chi connectivity index (χ3v) is 4.98. The third-order valence-electron chi connectivity index (χ3n) is 2.84. The Morgan fingerprint density at radius 3 is 2.43 bits per heavy atom. The van der Waals surface area contributed by atoms with E-state index in [1.807, 2.05) is 18.5 Å². The molecule has 0 aromatic carbocycles. The monoisotopic (exact) mass is 219 g/mol. The molecule has 0 heterocycles. The van der Waals surface area contributed by atoms with E-state index >= 15 is 0 Å². The lowest BCUT2D eigenvalue weighted by molar-refractivity contribution is 0.327. The second kappa shape index (κ2) is 5.26. The summed E-state index contributed by atoms with van der Waals surface area (Å²) in [6.45, 7) is 5.39. The van der Waals surface area contributed by atoms with Gasteiger partial charge in [0.2, 0.25) is 0 Å². The van der Waals surface area contributed by atoms with Gasteiger partial charge in [0.25, 0.3) is 7.59 Å². The van der Waals surface area contributed by atoms with Crippen LogP contribution in [-0.4, -0.2) is 23.8 Å². The van der Waals surface area contributed by atoms with E-state index in [4.69, 9.17) is 5.50 Å². The van der Waals surface area contributed by atoms with Gasteiger partial charge in [-0.25, -0.2) is 9.76 Å². The highest BCUT2D eigenvalue weighted by atomic mass is 31.2. The minimum atomic E-state index is -2.77. The van der Waals surface area contributed by atoms with E-state index in [-0.39, 0.29) is 0 Å². The van der Waals surface area contributed by atoms with E-state index in [0.29, 0.717) is 12.6 Å². The molecule has 5 heteroatoms. The lowest BCUT2D eigenvalue weighted by Crippen LogP contribution is -2.38. The molecule has 1 rings (SSSR count). The van der Waals surface area contributed by atoms with Crippen LogP contribution in [0.4, 0.5) is 0 Å². The fraction of sp³-hybridized carbons (Fsp3) is 1.00. The minimum absolute atomic E-state index is 0.426. The molecule has 1 aliphatic rings. The zero-order chi connectivity index (χ0) is 10.6. The van der Waals surface area contributed by atoms with Gasteiger partial charge in [0.15, 0.2) is 0 Å². The normalized spacial score (nSPS) is 22.9. The zero-order valence-electron chi connectivity index (χ0n) is 9.20. The quantitative estimate of drug-likeness (QED) is 0.694. The average Bonchev–Trinajstić information content (AvgIpc) is 2.57. The van der Waals surface area contributed by atoms with Crippen LogP contribution in [0.5, 0.6) is 0 Å². The average molecular weight is 219 g/mol. The van der Waals surface area contributed by atoms with E-state index in [0.717, 1.165) is 19.4 Å². The SMILES string of the molecule is CCNP(N)(=O)N(CC)C1CCCC1. The highest BCUT2D eigenvalue weighted by Crippen LogP contribution is 2.41. The van der Waals surface area contributed by atoms with Gasteiger partial charge < -0.3 is 0 Å². The molecule has 0 radical (unpaired) electrons. The molecule has 84 valence electrons. The molecule has 1 saturated carbocycles. The number of nitrogens with zero attached hydrogens (tertiary/aromatic N) is 1. The molecule has 0 aliphatic heterocycles.